The van der Waals surface area contributed by atoms with E-state index in [9.17, 15) is 13.6 Å². The van der Waals surface area contributed by atoms with E-state index in [0.717, 1.165) is 16.8 Å². The highest BCUT2D eigenvalue weighted by Gasteiger charge is 2.18. The minimum atomic E-state index is -0.909. The molecule has 1 aromatic heterocycles. The van der Waals surface area contributed by atoms with Crippen LogP contribution in [-0.2, 0) is 4.79 Å². The maximum absolute atomic E-state index is 14.4. The van der Waals surface area contributed by atoms with E-state index in [1.54, 1.807) is 17.8 Å². The molecule has 0 spiro atoms. The smallest absolute Gasteiger partial charge is 0.303 e. The van der Waals surface area contributed by atoms with Crippen molar-refractivity contribution in [2.45, 2.75) is 53.7 Å². The van der Waals surface area contributed by atoms with Crippen LogP contribution >= 0.6 is 23.5 Å². The number of carboxylic acid groups (broad SMARTS) is 1. The third kappa shape index (κ3) is 5.69. The molecular formula is C20H21F2NO2S2. The van der Waals surface area contributed by atoms with E-state index in [1.807, 2.05) is 12.1 Å². The van der Waals surface area contributed by atoms with Gasteiger partial charge in [0.15, 0.2) is 0 Å². The number of benzene rings is 1. The van der Waals surface area contributed by atoms with E-state index in [4.69, 9.17) is 5.11 Å². The summed E-state index contributed by atoms with van der Waals surface area (Å²) in [5, 5.41) is 10.1. The Hall–Kier alpha value is -1.60. The summed E-state index contributed by atoms with van der Waals surface area (Å²) < 4.78 is 28.8. The number of aromatic nitrogens is 1. The zero-order valence-electron chi connectivity index (χ0n) is 14.8. The van der Waals surface area contributed by atoms with Crippen molar-refractivity contribution in [3.05, 3.63) is 42.0 Å². The van der Waals surface area contributed by atoms with E-state index in [0.29, 0.717) is 28.7 Å². The van der Waals surface area contributed by atoms with Gasteiger partial charge in [0, 0.05) is 17.2 Å². The van der Waals surface area contributed by atoms with Crippen LogP contribution in [0.25, 0.3) is 11.3 Å². The van der Waals surface area contributed by atoms with Crippen LogP contribution in [0.2, 0.25) is 0 Å². The van der Waals surface area contributed by atoms with Crippen molar-refractivity contribution in [3.63, 3.8) is 0 Å². The summed E-state index contributed by atoms with van der Waals surface area (Å²) in [6.45, 7) is 0. The van der Waals surface area contributed by atoms with Gasteiger partial charge in [-0.1, -0.05) is 18.9 Å². The van der Waals surface area contributed by atoms with Crippen molar-refractivity contribution in [1.82, 2.24) is 4.98 Å². The van der Waals surface area contributed by atoms with Crippen LogP contribution in [0.1, 0.15) is 38.5 Å². The van der Waals surface area contributed by atoms with Crippen LogP contribution in [0.5, 0.6) is 0 Å². The summed E-state index contributed by atoms with van der Waals surface area (Å²) >= 11 is 2.74. The zero-order valence-corrected chi connectivity index (χ0v) is 16.4. The molecule has 2 aromatic rings. The fourth-order valence-electron chi connectivity index (χ4n) is 3.06. The van der Waals surface area contributed by atoms with Crippen molar-refractivity contribution in [2.24, 2.45) is 0 Å². The molecule has 1 saturated carbocycles. The van der Waals surface area contributed by atoms with Crippen molar-refractivity contribution >= 4 is 29.5 Å². The van der Waals surface area contributed by atoms with Crippen LogP contribution in [-0.4, -0.2) is 27.1 Å². The maximum Gasteiger partial charge on any atom is 0.303 e. The van der Waals surface area contributed by atoms with Crippen molar-refractivity contribution in [1.29, 1.82) is 0 Å². The number of pyridine rings is 1. The van der Waals surface area contributed by atoms with E-state index in [2.05, 4.69) is 4.98 Å². The number of carboxylic acids is 1. The Morgan fingerprint density at radius 1 is 1.19 bits per heavy atom. The third-order valence-corrected chi connectivity index (χ3v) is 6.83. The maximum atomic E-state index is 14.4. The normalized spacial score (nSPS) is 14.6. The lowest BCUT2D eigenvalue weighted by Gasteiger charge is -2.10. The lowest BCUT2D eigenvalue weighted by atomic mass is 10.1. The van der Waals surface area contributed by atoms with Crippen LogP contribution in [0.4, 0.5) is 8.78 Å². The first-order chi connectivity index (χ1) is 13.0. The van der Waals surface area contributed by atoms with Crippen molar-refractivity contribution in [2.75, 3.05) is 5.75 Å². The Labute approximate surface area is 166 Å². The Morgan fingerprint density at radius 2 is 1.89 bits per heavy atom. The highest BCUT2D eigenvalue weighted by Crippen LogP contribution is 2.35. The summed E-state index contributed by atoms with van der Waals surface area (Å²) in [5.41, 5.74) is 0.965. The summed E-state index contributed by atoms with van der Waals surface area (Å²) in [6.07, 6.45) is 5.23. The number of carbonyl (C=O) groups is 1. The van der Waals surface area contributed by atoms with Gasteiger partial charge in [-0.05, 0) is 49.3 Å². The van der Waals surface area contributed by atoms with Gasteiger partial charge >= 0.3 is 5.97 Å². The number of thioether (sulfide) groups is 2. The molecule has 0 saturated heterocycles. The number of rotatable bonds is 8. The Kier molecular flexibility index (Phi) is 7.13. The lowest BCUT2D eigenvalue weighted by molar-refractivity contribution is -0.137. The van der Waals surface area contributed by atoms with E-state index < -0.39 is 17.6 Å². The van der Waals surface area contributed by atoms with Gasteiger partial charge in [0.1, 0.15) is 11.6 Å². The third-order valence-electron chi connectivity index (χ3n) is 4.39. The molecule has 1 heterocycles. The van der Waals surface area contributed by atoms with Gasteiger partial charge in [0.25, 0.3) is 0 Å². The average Bonchev–Trinajstić information content (AvgIpc) is 3.13. The molecule has 7 heteroatoms. The van der Waals surface area contributed by atoms with Crippen LogP contribution in [0.3, 0.4) is 0 Å². The fraction of sp³-hybridized carbons (Fsp3) is 0.400. The first-order valence-electron chi connectivity index (χ1n) is 9.00. The van der Waals surface area contributed by atoms with Gasteiger partial charge in [0.05, 0.1) is 15.6 Å². The molecule has 0 amide bonds. The summed E-state index contributed by atoms with van der Waals surface area (Å²) in [4.78, 5) is 15.0. The molecule has 3 nitrogen and oxygen atoms in total. The lowest BCUT2D eigenvalue weighted by Crippen LogP contribution is -1.97. The largest absolute Gasteiger partial charge is 0.481 e. The molecule has 0 unspecified atom stereocenters. The Bertz CT molecular complexity index is 787. The predicted molar refractivity (Wildman–Crippen MR) is 105 cm³/mol. The number of hydrogen-bond acceptors (Lipinski definition) is 4. The molecule has 3 rings (SSSR count). The van der Waals surface area contributed by atoms with Gasteiger partial charge in [-0.3, -0.25) is 4.79 Å². The van der Waals surface area contributed by atoms with E-state index >= 15 is 0 Å². The Morgan fingerprint density at radius 3 is 2.56 bits per heavy atom. The van der Waals surface area contributed by atoms with E-state index in [1.165, 1.54) is 37.8 Å². The van der Waals surface area contributed by atoms with Crippen molar-refractivity contribution in [3.8, 4) is 11.3 Å². The molecule has 0 aliphatic heterocycles. The molecular weight excluding hydrogens is 388 g/mol. The summed E-state index contributed by atoms with van der Waals surface area (Å²) in [7, 11) is 0. The number of hydrogen-bond donors (Lipinski definition) is 1. The average molecular weight is 410 g/mol. The molecule has 144 valence electrons. The SMILES string of the molecule is O=C(O)CCCSc1c(F)cc(-c2cccc(SC3CCCC3)n2)cc1F. The minimum absolute atomic E-state index is 0.0102. The summed E-state index contributed by atoms with van der Waals surface area (Å²) in [6, 6.07) is 8.16. The first-order valence-corrected chi connectivity index (χ1v) is 10.9. The molecule has 1 N–H and O–H groups in total. The molecule has 1 aromatic carbocycles. The number of nitrogens with zero attached hydrogens (tertiary/aromatic N) is 1. The molecule has 27 heavy (non-hydrogen) atoms. The zero-order chi connectivity index (χ0) is 19.2. The molecule has 0 radical (unpaired) electrons. The van der Waals surface area contributed by atoms with Gasteiger partial charge in [0.2, 0.25) is 0 Å². The van der Waals surface area contributed by atoms with Gasteiger partial charge in [-0.2, -0.15) is 0 Å². The fourth-order valence-corrected chi connectivity index (χ4v) is 5.17. The van der Waals surface area contributed by atoms with Crippen LogP contribution in [0.15, 0.2) is 40.3 Å². The predicted octanol–water partition coefficient (Wildman–Crippen LogP) is 6.02. The standard InChI is InChI=1S/C20H21F2NO2S2/c21-15-11-13(12-16(22)20(15)26-10-4-9-19(24)25)17-7-3-8-18(23-17)27-14-5-1-2-6-14/h3,7-8,11-12,14H,1-2,4-6,9-10H2,(H,24,25). The number of halogens is 2. The monoisotopic (exact) mass is 409 g/mol. The second-order valence-corrected chi connectivity index (χ2v) is 8.93. The van der Waals surface area contributed by atoms with Gasteiger partial charge in [-0.25, -0.2) is 13.8 Å². The molecule has 1 fully saturated rings. The molecule has 0 bridgehead atoms. The molecule has 1 aliphatic carbocycles. The summed E-state index contributed by atoms with van der Waals surface area (Å²) in [5.74, 6) is -1.83. The molecule has 0 atom stereocenters. The number of aliphatic carboxylic acids is 1. The topological polar surface area (TPSA) is 50.2 Å². The van der Waals surface area contributed by atoms with Crippen LogP contribution in [0, 0.1) is 11.6 Å². The van der Waals surface area contributed by atoms with Gasteiger partial charge in [-0.15, -0.1) is 23.5 Å². The second-order valence-electron chi connectivity index (χ2n) is 6.50. The van der Waals surface area contributed by atoms with Crippen LogP contribution < -0.4 is 0 Å². The van der Waals surface area contributed by atoms with Gasteiger partial charge < -0.3 is 5.11 Å². The molecule has 1 aliphatic rings. The van der Waals surface area contributed by atoms with Crippen molar-refractivity contribution < 1.29 is 18.7 Å². The van der Waals surface area contributed by atoms with E-state index in [-0.39, 0.29) is 11.3 Å². The second kappa shape index (κ2) is 9.55. The highest BCUT2D eigenvalue weighted by atomic mass is 32.2. The highest BCUT2D eigenvalue weighted by molar-refractivity contribution is 8.00. The first kappa shape index (κ1) is 20.1. The Balaban J connectivity index is 1.72. The quantitative estimate of drug-likeness (QED) is 0.427. The minimum Gasteiger partial charge on any atom is -0.481 e.